The number of ether oxygens (including phenoxy) is 3. The van der Waals surface area contributed by atoms with Crippen LogP contribution < -0.4 is 23.8 Å². The summed E-state index contributed by atoms with van der Waals surface area (Å²) in [7, 11) is 0.242. The number of hydrogen-bond donors (Lipinski definition) is 1. The number of rotatable bonds is 15. The Kier molecular flexibility index (Phi) is 12.0. The van der Waals surface area contributed by atoms with Crippen LogP contribution in [0.2, 0.25) is 0 Å². The van der Waals surface area contributed by atoms with Gasteiger partial charge in [0.15, 0.2) is 11.5 Å². The van der Waals surface area contributed by atoms with Gasteiger partial charge in [0, 0.05) is 18.7 Å². The molecular formula is C33H43N3O7S. The van der Waals surface area contributed by atoms with E-state index in [0.29, 0.717) is 30.1 Å². The molecule has 3 rings (SSSR count). The zero-order valence-electron chi connectivity index (χ0n) is 26.5. The molecule has 11 heteroatoms. The first-order chi connectivity index (χ1) is 21.0. The van der Waals surface area contributed by atoms with Gasteiger partial charge in [0.05, 0.1) is 31.9 Å². The minimum absolute atomic E-state index is 0.0200. The lowest BCUT2D eigenvalue weighted by atomic mass is 10.1. The van der Waals surface area contributed by atoms with Gasteiger partial charge in [0.25, 0.3) is 10.0 Å². The van der Waals surface area contributed by atoms with Crippen molar-refractivity contribution in [3.63, 3.8) is 0 Å². The average Bonchev–Trinajstić information content (AvgIpc) is 3.03. The maximum absolute atomic E-state index is 14.3. The molecule has 0 spiro atoms. The van der Waals surface area contributed by atoms with Crippen LogP contribution in [0.5, 0.6) is 17.2 Å². The lowest BCUT2D eigenvalue weighted by Gasteiger charge is -2.34. The fourth-order valence-corrected chi connectivity index (χ4v) is 6.08. The third-order valence-electron chi connectivity index (χ3n) is 7.42. The largest absolute Gasteiger partial charge is 0.497 e. The van der Waals surface area contributed by atoms with Crippen LogP contribution in [0.25, 0.3) is 0 Å². The number of amides is 2. The maximum atomic E-state index is 14.3. The van der Waals surface area contributed by atoms with E-state index in [9.17, 15) is 18.0 Å². The van der Waals surface area contributed by atoms with E-state index in [-0.39, 0.29) is 29.1 Å². The standard InChI is InChI=1S/C33H43N3O7S/c1-8-24(4)34-33(38)29(9-2)35(21-25-11-10-12-27(19-25)41-5)32(37)22-36(26-15-18-30(42-6)31(20-26)43-7)44(39,40)28-16-13-23(3)14-17-28/h10-20,24,29H,8-9,21-22H2,1-7H3,(H,34,38)/t24-,29+/m0/s1. The Labute approximate surface area is 261 Å². The minimum Gasteiger partial charge on any atom is -0.497 e. The molecule has 3 aromatic carbocycles. The number of carbonyl (C=O) groups excluding carboxylic acids is 2. The number of anilines is 1. The van der Waals surface area contributed by atoms with Crippen molar-refractivity contribution in [1.29, 1.82) is 0 Å². The highest BCUT2D eigenvalue weighted by Gasteiger charge is 2.34. The highest BCUT2D eigenvalue weighted by Crippen LogP contribution is 2.34. The summed E-state index contributed by atoms with van der Waals surface area (Å²) in [4.78, 5) is 29.2. The Bertz CT molecular complexity index is 1530. The third kappa shape index (κ3) is 8.22. The van der Waals surface area contributed by atoms with Crippen LogP contribution in [0.3, 0.4) is 0 Å². The molecule has 0 aliphatic rings. The van der Waals surface area contributed by atoms with Gasteiger partial charge in [-0.15, -0.1) is 0 Å². The van der Waals surface area contributed by atoms with E-state index in [1.807, 2.05) is 33.8 Å². The van der Waals surface area contributed by atoms with Gasteiger partial charge in [-0.25, -0.2) is 8.42 Å². The molecule has 44 heavy (non-hydrogen) atoms. The van der Waals surface area contributed by atoms with E-state index < -0.39 is 28.5 Å². The molecule has 2 amide bonds. The van der Waals surface area contributed by atoms with Crippen LogP contribution in [0.4, 0.5) is 5.69 Å². The van der Waals surface area contributed by atoms with Crippen LogP contribution in [0.1, 0.15) is 44.7 Å². The van der Waals surface area contributed by atoms with Crippen molar-refractivity contribution in [2.75, 3.05) is 32.2 Å². The Balaban J connectivity index is 2.13. The number of methoxy groups -OCH3 is 3. The molecule has 0 saturated heterocycles. The quantitative estimate of drug-likeness (QED) is 0.255. The highest BCUT2D eigenvalue weighted by atomic mass is 32.2. The van der Waals surface area contributed by atoms with Crippen LogP contribution in [0, 0.1) is 6.92 Å². The summed E-state index contributed by atoms with van der Waals surface area (Å²) < 4.78 is 45.5. The number of aryl methyl sites for hydroxylation is 1. The summed E-state index contributed by atoms with van der Waals surface area (Å²) in [6, 6.07) is 17.3. The number of hydrogen-bond acceptors (Lipinski definition) is 7. The summed E-state index contributed by atoms with van der Waals surface area (Å²) in [5, 5.41) is 2.98. The Morgan fingerprint density at radius 1 is 0.864 bits per heavy atom. The molecule has 0 unspecified atom stereocenters. The molecular weight excluding hydrogens is 582 g/mol. The monoisotopic (exact) mass is 625 g/mol. The van der Waals surface area contributed by atoms with Crippen LogP contribution >= 0.6 is 0 Å². The van der Waals surface area contributed by atoms with E-state index in [2.05, 4.69) is 5.32 Å². The zero-order chi connectivity index (χ0) is 32.4. The van der Waals surface area contributed by atoms with Crippen molar-refractivity contribution < 1.29 is 32.2 Å². The first-order valence-corrected chi connectivity index (χ1v) is 16.0. The van der Waals surface area contributed by atoms with Crippen molar-refractivity contribution >= 4 is 27.5 Å². The molecule has 1 N–H and O–H groups in total. The van der Waals surface area contributed by atoms with Crippen molar-refractivity contribution in [1.82, 2.24) is 10.2 Å². The Morgan fingerprint density at radius 3 is 2.14 bits per heavy atom. The normalized spacial score (nSPS) is 12.5. The summed E-state index contributed by atoms with van der Waals surface area (Å²) in [5.74, 6) is 0.444. The molecule has 0 heterocycles. The molecule has 0 fully saturated rings. The number of nitrogens with one attached hydrogen (secondary N) is 1. The van der Waals surface area contributed by atoms with Crippen molar-refractivity contribution in [2.24, 2.45) is 0 Å². The van der Waals surface area contributed by atoms with E-state index >= 15 is 0 Å². The van der Waals surface area contributed by atoms with E-state index in [1.54, 1.807) is 49.6 Å². The first-order valence-electron chi connectivity index (χ1n) is 14.5. The summed E-state index contributed by atoms with van der Waals surface area (Å²) in [6.07, 6.45) is 1.03. The second-order valence-corrected chi connectivity index (χ2v) is 12.3. The van der Waals surface area contributed by atoms with Crippen LogP contribution in [-0.2, 0) is 26.2 Å². The smallest absolute Gasteiger partial charge is 0.264 e. The predicted octanol–water partition coefficient (Wildman–Crippen LogP) is 4.94. The molecule has 0 aromatic heterocycles. The van der Waals surface area contributed by atoms with E-state index in [4.69, 9.17) is 14.2 Å². The summed E-state index contributed by atoms with van der Waals surface area (Å²) >= 11 is 0. The van der Waals surface area contributed by atoms with Gasteiger partial charge in [-0.05, 0) is 68.7 Å². The van der Waals surface area contributed by atoms with Gasteiger partial charge in [-0.2, -0.15) is 0 Å². The molecule has 3 aromatic rings. The molecule has 0 aliphatic carbocycles. The Hall–Kier alpha value is -4.25. The minimum atomic E-state index is -4.23. The lowest BCUT2D eigenvalue weighted by molar-refractivity contribution is -0.140. The lowest BCUT2D eigenvalue weighted by Crippen LogP contribution is -2.53. The highest BCUT2D eigenvalue weighted by molar-refractivity contribution is 7.92. The van der Waals surface area contributed by atoms with E-state index in [1.165, 1.54) is 37.3 Å². The summed E-state index contributed by atoms with van der Waals surface area (Å²) in [6.45, 7) is 7.03. The average molecular weight is 626 g/mol. The fourth-order valence-electron chi connectivity index (χ4n) is 4.67. The van der Waals surface area contributed by atoms with Crippen molar-refractivity contribution in [3.8, 4) is 17.2 Å². The number of benzene rings is 3. The molecule has 0 saturated carbocycles. The van der Waals surface area contributed by atoms with E-state index in [0.717, 1.165) is 15.4 Å². The first kappa shape index (κ1) is 34.2. The topological polar surface area (TPSA) is 114 Å². The SMILES string of the molecule is CC[C@H](C(=O)N[C@@H](C)CC)N(Cc1cccc(OC)c1)C(=O)CN(c1ccc(OC)c(OC)c1)S(=O)(=O)c1ccc(C)cc1. The number of sulfonamides is 1. The van der Waals surface area contributed by atoms with Gasteiger partial charge in [0.2, 0.25) is 11.8 Å². The van der Waals surface area contributed by atoms with Gasteiger partial charge in [-0.1, -0.05) is 43.7 Å². The van der Waals surface area contributed by atoms with Gasteiger partial charge >= 0.3 is 0 Å². The van der Waals surface area contributed by atoms with Crippen LogP contribution in [0.15, 0.2) is 71.6 Å². The fraction of sp³-hybridized carbons (Fsp3) is 0.394. The Morgan fingerprint density at radius 2 is 1.55 bits per heavy atom. The number of carbonyl (C=O) groups is 2. The van der Waals surface area contributed by atoms with Crippen LogP contribution in [-0.4, -0.2) is 65.1 Å². The molecule has 2 atom stereocenters. The van der Waals surface area contributed by atoms with Crippen molar-refractivity contribution in [2.45, 2.75) is 64.1 Å². The molecule has 0 bridgehead atoms. The molecule has 0 aliphatic heterocycles. The number of nitrogens with zero attached hydrogens (tertiary/aromatic N) is 2. The third-order valence-corrected chi connectivity index (χ3v) is 9.21. The van der Waals surface area contributed by atoms with Crippen molar-refractivity contribution in [3.05, 3.63) is 77.9 Å². The van der Waals surface area contributed by atoms with Gasteiger partial charge < -0.3 is 24.4 Å². The molecule has 238 valence electrons. The summed E-state index contributed by atoms with van der Waals surface area (Å²) in [5.41, 5.74) is 1.82. The molecule has 10 nitrogen and oxygen atoms in total. The second kappa shape index (κ2) is 15.5. The zero-order valence-corrected chi connectivity index (χ0v) is 27.3. The molecule has 0 radical (unpaired) electrons. The maximum Gasteiger partial charge on any atom is 0.264 e. The van der Waals surface area contributed by atoms with Gasteiger partial charge in [-0.3, -0.25) is 13.9 Å². The van der Waals surface area contributed by atoms with Gasteiger partial charge in [0.1, 0.15) is 18.3 Å². The predicted molar refractivity (Wildman–Crippen MR) is 171 cm³/mol. The second-order valence-electron chi connectivity index (χ2n) is 10.5.